The second-order valence-corrected chi connectivity index (χ2v) is 5.55. The zero-order valence-corrected chi connectivity index (χ0v) is 14.4. The molecule has 27 heavy (non-hydrogen) atoms. The molecule has 2 aromatic carbocycles. The minimum atomic E-state index is -1.17. The van der Waals surface area contributed by atoms with Crippen LogP contribution in [0.25, 0.3) is 0 Å². The van der Waals surface area contributed by atoms with Crippen molar-refractivity contribution >= 4 is 17.7 Å². The lowest BCUT2D eigenvalue weighted by molar-refractivity contribution is -0.146. The average molecular weight is 377 g/mol. The van der Waals surface area contributed by atoms with Gasteiger partial charge in [0.1, 0.15) is 11.8 Å². The fourth-order valence-corrected chi connectivity index (χ4v) is 2.02. The molecule has 6 nitrogen and oxygen atoms in total. The van der Waals surface area contributed by atoms with Gasteiger partial charge < -0.3 is 14.8 Å². The molecule has 0 aromatic heterocycles. The van der Waals surface area contributed by atoms with Gasteiger partial charge in [0, 0.05) is 5.56 Å². The molecule has 0 aliphatic heterocycles. The van der Waals surface area contributed by atoms with Crippen molar-refractivity contribution < 1.29 is 32.6 Å². The van der Waals surface area contributed by atoms with Gasteiger partial charge in [-0.2, -0.15) is 0 Å². The summed E-state index contributed by atoms with van der Waals surface area (Å²) in [6.45, 7) is 0.421. The molecule has 0 unspecified atom stereocenters. The van der Waals surface area contributed by atoms with Crippen molar-refractivity contribution in [2.45, 2.75) is 13.0 Å². The number of rotatable bonds is 8. The molecule has 8 heteroatoms. The second-order valence-electron chi connectivity index (χ2n) is 5.55. The van der Waals surface area contributed by atoms with E-state index < -0.39 is 41.9 Å². The molecule has 0 aliphatic carbocycles. The van der Waals surface area contributed by atoms with E-state index in [-0.39, 0.29) is 12.2 Å². The van der Waals surface area contributed by atoms with Gasteiger partial charge in [0.25, 0.3) is 5.91 Å². The lowest BCUT2D eigenvalue weighted by atomic mass is 10.1. The van der Waals surface area contributed by atoms with Gasteiger partial charge in [0.15, 0.2) is 30.6 Å². The van der Waals surface area contributed by atoms with Crippen LogP contribution in [0.1, 0.15) is 17.3 Å². The van der Waals surface area contributed by atoms with Gasteiger partial charge in [0.05, 0.1) is 0 Å². The summed E-state index contributed by atoms with van der Waals surface area (Å²) in [5, 5.41) is 2.37. The van der Waals surface area contributed by atoms with Crippen LogP contribution in [0.4, 0.5) is 8.78 Å². The van der Waals surface area contributed by atoms with E-state index in [0.29, 0.717) is 5.75 Å². The normalized spacial score (nSPS) is 11.4. The summed E-state index contributed by atoms with van der Waals surface area (Å²) < 4.78 is 36.0. The summed E-state index contributed by atoms with van der Waals surface area (Å²) in [6, 6.07) is 10.2. The van der Waals surface area contributed by atoms with Gasteiger partial charge in [-0.05, 0) is 37.3 Å². The number of nitrogens with one attached hydrogen (secondary N) is 1. The molecule has 0 bridgehead atoms. The molecular formula is C19H17F2NO5. The Hall–Kier alpha value is -3.29. The summed E-state index contributed by atoms with van der Waals surface area (Å²) in [6.07, 6.45) is 0. The summed E-state index contributed by atoms with van der Waals surface area (Å²) in [7, 11) is 0. The number of hydrogen-bond donors (Lipinski definition) is 1. The van der Waals surface area contributed by atoms with Gasteiger partial charge >= 0.3 is 5.97 Å². The SMILES string of the molecule is C[C@H](NC(=O)COc1ccccc1)C(=O)OCC(=O)c1ccc(F)c(F)c1. The highest BCUT2D eigenvalue weighted by Gasteiger charge is 2.19. The number of halogens is 2. The number of amides is 1. The molecule has 1 amide bonds. The van der Waals surface area contributed by atoms with Crippen molar-refractivity contribution in [2.24, 2.45) is 0 Å². The van der Waals surface area contributed by atoms with Crippen molar-refractivity contribution in [1.29, 1.82) is 0 Å². The topological polar surface area (TPSA) is 81.7 Å². The van der Waals surface area contributed by atoms with Gasteiger partial charge in [-0.3, -0.25) is 9.59 Å². The molecule has 142 valence electrons. The van der Waals surface area contributed by atoms with Crippen molar-refractivity contribution in [3.05, 3.63) is 65.7 Å². The second kappa shape index (κ2) is 9.42. The molecule has 0 radical (unpaired) electrons. The van der Waals surface area contributed by atoms with E-state index in [2.05, 4.69) is 5.32 Å². The Morgan fingerprint density at radius 1 is 1.00 bits per heavy atom. The monoisotopic (exact) mass is 377 g/mol. The maximum Gasteiger partial charge on any atom is 0.328 e. The van der Waals surface area contributed by atoms with Gasteiger partial charge in [-0.15, -0.1) is 0 Å². The number of esters is 1. The molecule has 2 aromatic rings. The molecule has 0 spiro atoms. The van der Waals surface area contributed by atoms with Crippen molar-refractivity contribution in [3.8, 4) is 5.75 Å². The summed E-state index contributed by atoms with van der Waals surface area (Å²) >= 11 is 0. The van der Waals surface area contributed by atoms with E-state index in [1.165, 1.54) is 6.92 Å². The third-order valence-corrected chi connectivity index (χ3v) is 3.43. The number of carbonyl (C=O) groups is 3. The lowest BCUT2D eigenvalue weighted by Gasteiger charge is -2.13. The highest BCUT2D eigenvalue weighted by molar-refractivity contribution is 5.98. The Kier molecular flexibility index (Phi) is 6.99. The van der Waals surface area contributed by atoms with Gasteiger partial charge in [0.2, 0.25) is 0 Å². The number of carbonyl (C=O) groups excluding carboxylic acids is 3. The highest BCUT2D eigenvalue weighted by Crippen LogP contribution is 2.10. The van der Waals surface area contributed by atoms with Crippen LogP contribution in [0, 0.1) is 11.6 Å². The lowest BCUT2D eigenvalue weighted by Crippen LogP contribution is -2.42. The first kappa shape index (κ1) is 20.0. The first-order chi connectivity index (χ1) is 12.9. The van der Waals surface area contributed by atoms with Crippen LogP contribution < -0.4 is 10.1 Å². The minimum Gasteiger partial charge on any atom is -0.484 e. The van der Waals surface area contributed by atoms with Crippen LogP contribution in [-0.4, -0.2) is 36.9 Å². The quantitative estimate of drug-likeness (QED) is 0.564. The van der Waals surface area contributed by atoms with Crippen molar-refractivity contribution in [1.82, 2.24) is 5.32 Å². The van der Waals surface area contributed by atoms with Crippen molar-refractivity contribution in [2.75, 3.05) is 13.2 Å². The summed E-state index contributed by atoms with van der Waals surface area (Å²) in [5.74, 6) is -3.86. The molecule has 0 saturated carbocycles. The van der Waals surface area contributed by atoms with Crippen LogP contribution in [0.15, 0.2) is 48.5 Å². The third-order valence-electron chi connectivity index (χ3n) is 3.43. The summed E-state index contributed by atoms with van der Waals surface area (Å²) in [4.78, 5) is 35.5. The first-order valence-corrected chi connectivity index (χ1v) is 7.99. The zero-order valence-electron chi connectivity index (χ0n) is 14.4. The third kappa shape index (κ3) is 6.18. The average Bonchev–Trinajstić information content (AvgIpc) is 2.67. The molecule has 1 N–H and O–H groups in total. The predicted octanol–water partition coefficient (Wildman–Crippen LogP) is 2.27. The number of ether oxygens (including phenoxy) is 2. The predicted molar refractivity (Wildman–Crippen MR) is 91.2 cm³/mol. The van der Waals surface area contributed by atoms with Crippen LogP contribution in [0.3, 0.4) is 0 Å². The Bertz CT molecular complexity index is 826. The number of benzene rings is 2. The molecule has 2 rings (SSSR count). The Morgan fingerprint density at radius 2 is 1.70 bits per heavy atom. The van der Waals surface area contributed by atoms with Crippen LogP contribution in [0.5, 0.6) is 5.75 Å². The molecule has 0 heterocycles. The van der Waals surface area contributed by atoms with E-state index in [1.807, 2.05) is 0 Å². The zero-order chi connectivity index (χ0) is 19.8. The number of para-hydroxylation sites is 1. The Labute approximate surface area is 154 Å². The maximum absolute atomic E-state index is 13.1. The summed E-state index contributed by atoms with van der Waals surface area (Å²) in [5.41, 5.74) is -0.130. The Morgan fingerprint density at radius 3 is 2.37 bits per heavy atom. The van der Waals surface area contributed by atoms with Gasteiger partial charge in [-0.1, -0.05) is 18.2 Å². The van der Waals surface area contributed by atoms with Crippen LogP contribution >= 0.6 is 0 Å². The largest absolute Gasteiger partial charge is 0.484 e. The molecular weight excluding hydrogens is 360 g/mol. The van der Waals surface area contributed by atoms with Crippen LogP contribution in [-0.2, 0) is 14.3 Å². The van der Waals surface area contributed by atoms with Crippen LogP contribution in [0.2, 0.25) is 0 Å². The number of Topliss-reactive ketones (excluding diaryl/α,β-unsaturated/α-hetero) is 1. The van der Waals surface area contributed by atoms with Crippen molar-refractivity contribution in [3.63, 3.8) is 0 Å². The smallest absolute Gasteiger partial charge is 0.328 e. The number of hydrogen-bond acceptors (Lipinski definition) is 5. The molecule has 0 saturated heterocycles. The Balaban J connectivity index is 1.76. The van der Waals surface area contributed by atoms with E-state index in [0.717, 1.165) is 18.2 Å². The van der Waals surface area contributed by atoms with E-state index in [4.69, 9.17) is 9.47 Å². The van der Waals surface area contributed by atoms with E-state index in [9.17, 15) is 23.2 Å². The highest BCUT2D eigenvalue weighted by atomic mass is 19.2. The maximum atomic E-state index is 13.1. The fourth-order valence-electron chi connectivity index (χ4n) is 2.02. The molecule has 0 fully saturated rings. The number of ketones is 1. The molecule has 0 aliphatic rings. The van der Waals surface area contributed by atoms with E-state index in [1.54, 1.807) is 30.3 Å². The van der Waals surface area contributed by atoms with E-state index >= 15 is 0 Å². The minimum absolute atomic E-state index is 0.130. The van der Waals surface area contributed by atoms with Gasteiger partial charge in [-0.25, -0.2) is 13.6 Å². The molecule has 1 atom stereocenters. The standard InChI is InChI=1S/C19H17F2NO5/c1-12(22-18(24)11-26-14-5-3-2-4-6-14)19(25)27-10-17(23)13-7-8-15(20)16(21)9-13/h2-9,12H,10-11H2,1H3,(H,22,24)/t12-/m0/s1. The first-order valence-electron chi connectivity index (χ1n) is 7.99. The fraction of sp³-hybridized carbons (Fsp3) is 0.211.